The number of carbonyl (C=O) groups excluding carboxylic acids is 1. The molecule has 0 saturated carbocycles. The van der Waals surface area contributed by atoms with Crippen molar-refractivity contribution in [3.8, 4) is 11.3 Å². The first-order valence-corrected chi connectivity index (χ1v) is 9.69. The van der Waals surface area contributed by atoms with Gasteiger partial charge in [-0.15, -0.1) is 0 Å². The highest BCUT2D eigenvalue weighted by Gasteiger charge is 2.26. The van der Waals surface area contributed by atoms with Gasteiger partial charge in [-0.3, -0.25) is 4.98 Å². The Kier molecular flexibility index (Phi) is 5.29. The van der Waals surface area contributed by atoms with Crippen LogP contribution in [0.4, 0.5) is 9.80 Å². The maximum atomic E-state index is 12.1. The molecule has 3 rings (SSSR count). The van der Waals surface area contributed by atoms with Gasteiger partial charge in [0.05, 0.1) is 5.69 Å². The molecule has 25 heavy (non-hydrogen) atoms. The maximum Gasteiger partial charge on any atom is 0.410 e. The fourth-order valence-electron chi connectivity index (χ4n) is 2.54. The van der Waals surface area contributed by atoms with Crippen LogP contribution in [0.15, 0.2) is 29.0 Å². The van der Waals surface area contributed by atoms with Crippen LogP contribution < -0.4 is 4.90 Å². The first-order chi connectivity index (χ1) is 11.8. The van der Waals surface area contributed by atoms with Crippen LogP contribution in [0.3, 0.4) is 0 Å². The summed E-state index contributed by atoms with van der Waals surface area (Å²) in [5.74, 6) is 0. The van der Waals surface area contributed by atoms with E-state index >= 15 is 0 Å². The van der Waals surface area contributed by atoms with Gasteiger partial charge < -0.3 is 14.5 Å². The molecule has 0 aliphatic carbocycles. The van der Waals surface area contributed by atoms with Gasteiger partial charge in [-0.1, -0.05) is 0 Å². The molecule has 1 aliphatic rings. The van der Waals surface area contributed by atoms with E-state index in [-0.39, 0.29) is 6.09 Å². The van der Waals surface area contributed by atoms with Crippen molar-refractivity contribution in [3.63, 3.8) is 0 Å². The predicted molar refractivity (Wildman–Crippen MR) is 103 cm³/mol. The number of halogens is 1. The Balaban J connectivity index is 1.61. The molecule has 0 unspecified atom stereocenters. The van der Waals surface area contributed by atoms with Crippen LogP contribution in [0.2, 0.25) is 0 Å². The second-order valence-electron chi connectivity index (χ2n) is 6.90. The van der Waals surface area contributed by atoms with Crippen LogP contribution in [0.5, 0.6) is 0 Å². The third kappa shape index (κ3) is 4.70. The van der Waals surface area contributed by atoms with Gasteiger partial charge in [0.25, 0.3) is 0 Å². The van der Waals surface area contributed by atoms with Gasteiger partial charge in [-0.05, 0) is 54.3 Å². The summed E-state index contributed by atoms with van der Waals surface area (Å²) in [4.78, 5) is 20.4. The van der Waals surface area contributed by atoms with Crippen LogP contribution in [-0.4, -0.2) is 52.1 Å². The molecule has 3 heterocycles. The quantitative estimate of drug-likeness (QED) is 0.728. The third-order valence-corrected chi connectivity index (χ3v) is 5.03. The molecule has 0 aromatic carbocycles. The first kappa shape index (κ1) is 18.1. The molecule has 2 aromatic rings. The summed E-state index contributed by atoms with van der Waals surface area (Å²) in [7, 11) is 0. The summed E-state index contributed by atoms with van der Waals surface area (Å²) in [6.07, 6.45) is 3.33. The van der Waals surface area contributed by atoms with Gasteiger partial charge in [0.2, 0.25) is 0 Å². The normalized spacial score (nSPS) is 15.4. The molecule has 0 spiro atoms. The van der Waals surface area contributed by atoms with E-state index in [9.17, 15) is 4.79 Å². The van der Waals surface area contributed by atoms with Gasteiger partial charge in [0, 0.05) is 54.7 Å². The zero-order chi connectivity index (χ0) is 18.0. The van der Waals surface area contributed by atoms with Gasteiger partial charge in [-0.25, -0.2) is 4.79 Å². The summed E-state index contributed by atoms with van der Waals surface area (Å²) in [5.41, 5.74) is 1.45. The molecule has 1 fully saturated rings. The van der Waals surface area contributed by atoms with Crippen molar-refractivity contribution in [2.45, 2.75) is 26.4 Å². The number of amides is 1. The zero-order valence-corrected chi connectivity index (χ0v) is 16.9. The smallest absolute Gasteiger partial charge is 0.410 e. The molecule has 6 nitrogen and oxygen atoms in total. The number of pyridine rings is 1. The number of ether oxygens (including phenoxy) is 1. The van der Waals surface area contributed by atoms with Crippen LogP contribution >= 0.6 is 27.5 Å². The SMILES string of the molecule is CC(C)(C)OC(=O)N1CCN(c2cc(-c3cncc(Br)c3)ns2)CC1. The maximum absolute atomic E-state index is 12.1. The Morgan fingerprint density at radius 3 is 2.56 bits per heavy atom. The van der Waals surface area contributed by atoms with Crippen molar-refractivity contribution >= 4 is 38.6 Å². The van der Waals surface area contributed by atoms with Crippen molar-refractivity contribution in [1.82, 2.24) is 14.3 Å². The molecule has 1 amide bonds. The Morgan fingerprint density at radius 2 is 1.92 bits per heavy atom. The number of carbonyl (C=O) groups is 1. The number of aromatic nitrogens is 2. The van der Waals surface area contributed by atoms with Crippen molar-refractivity contribution in [2.75, 3.05) is 31.1 Å². The Labute approximate surface area is 160 Å². The molecular weight excluding hydrogens is 404 g/mol. The van der Waals surface area contributed by atoms with Crippen molar-refractivity contribution in [2.24, 2.45) is 0 Å². The summed E-state index contributed by atoms with van der Waals surface area (Å²) < 4.78 is 10.9. The molecule has 134 valence electrons. The fourth-order valence-corrected chi connectivity index (χ4v) is 3.72. The lowest BCUT2D eigenvalue weighted by molar-refractivity contribution is 0.0241. The summed E-state index contributed by atoms with van der Waals surface area (Å²) in [6.45, 7) is 8.51. The largest absolute Gasteiger partial charge is 0.444 e. The van der Waals surface area contributed by atoms with Crippen LogP contribution in [0, 0.1) is 0 Å². The number of piperazine rings is 1. The lowest BCUT2D eigenvalue weighted by Crippen LogP contribution is -2.49. The lowest BCUT2D eigenvalue weighted by Gasteiger charge is -2.35. The Hall–Kier alpha value is -1.67. The van der Waals surface area contributed by atoms with Crippen LogP contribution in [0.25, 0.3) is 11.3 Å². The standard InChI is InChI=1S/C17H21BrN4O2S/c1-17(2,3)24-16(23)22-6-4-21(5-7-22)15-9-14(20-25-15)12-8-13(18)11-19-10-12/h8-11H,4-7H2,1-3H3. The number of hydrogen-bond acceptors (Lipinski definition) is 6. The molecule has 0 radical (unpaired) electrons. The molecular formula is C17H21BrN4O2S. The number of nitrogens with zero attached hydrogens (tertiary/aromatic N) is 4. The number of anilines is 1. The minimum Gasteiger partial charge on any atom is -0.444 e. The van der Waals surface area contributed by atoms with Crippen molar-refractivity contribution in [1.29, 1.82) is 0 Å². The zero-order valence-electron chi connectivity index (χ0n) is 14.5. The number of rotatable bonds is 2. The molecule has 0 atom stereocenters. The molecule has 0 bridgehead atoms. The predicted octanol–water partition coefficient (Wildman–Crippen LogP) is 4.02. The minimum absolute atomic E-state index is 0.239. The minimum atomic E-state index is -0.460. The Bertz CT molecular complexity index is 751. The monoisotopic (exact) mass is 424 g/mol. The van der Waals surface area contributed by atoms with Gasteiger partial charge in [0.1, 0.15) is 10.6 Å². The van der Waals surface area contributed by atoms with E-state index < -0.39 is 5.60 Å². The van der Waals surface area contributed by atoms with Crippen molar-refractivity contribution in [3.05, 3.63) is 29.0 Å². The molecule has 1 saturated heterocycles. The van der Waals surface area contributed by atoms with E-state index in [0.717, 1.165) is 33.8 Å². The van der Waals surface area contributed by atoms with E-state index in [4.69, 9.17) is 4.74 Å². The first-order valence-electron chi connectivity index (χ1n) is 8.12. The topological polar surface area (TPSA) is 58.6 Å². The second kappa shape index (κ2) is 7.29. The van der Waals surface area contributed by atoms with Gasteiger partial charge in [0.15, 0.2) is 0 Å². The van der Waals surface area contributed by atoms with E-state index in [1.165, 1.54) is 11.5 Å². The Morgan fingerprint density at radius 1 is 1.20 bits per heavy atom. The van der Waals surface area contributed by atoms with Crippen molar-refractivity contribution < 1.29 is 9.53 Å². The van der Waals surface area contributed by atoms with E-state index in [1.807, 2.05) is 33.0 Å². The van der Waals surface area contributed by atoms with Crippen LogP contribution in [0.1, 0.15) is 20.8 Å². The third-order valence-electron chi connectivity index (χ3n) is 3.74. The van der Waals surface area contributed by atoms with E-state index in [1.54, 1.807) is 11.1 Å². The summed E-state index contributed by atoms with van der Waals surface area (Å²) in [6, 6.07) is 4.09. The van der Waals surface area contributed by atoms with E-state index in [0.29, 0.717) is 13.1 Å². The lowest BCUT2D eigenvalue weighted by atomic mass is 10.2. The molecule has 2 aromatic heterocycles. The van der Waals surface area contributed by atoms with Gasteiger partial charge >= 0.3 is 6.09 Å². The van der Waals surface area contributed by atoms with E-state index in [2.05, 4.69) is 36.3 Å². The molecule has 0 N–H and O–H groups in total. The fraction of sp³-hybridized carbons (Fsp3) is 0.471. The summed E-state index contributed by atoms with van der Waals surface area (Å²) in [5, 5.41) is 1.11. The van der Waals surface area contributed by atoms with Crippen LogP contribution in [-0.2, 0) is 4.74 Å². The molecule has 1 aliphatic heterocycles. The number of hydrogen-bond donors (Lipinski definition) is 0. The highest BCUT2D eigenvalue weighted by Crippen LogP contribution is 2.29. The second-order valence-corrected chi connectivity index (χ2v) is 8.60. The highest BCUT2D eigenvalue weighted by atomic mass is 79.9. The molecule has 8 heteroatoms. The summed E-state index contributed by atoms with van der Waals surface area (Å²) >= 11 is 4.91. The average molecular weight is 425 g/mol. The average Bonchev–Trinajstić information content (AvgIpc) is 3.03. The van der Waals surface area contributed by atoms with Gasteiger partial charge in [-0.2, -0.15) is 4.37 Å². The highest BCUT2D eigenvalue weighted by molar-refractivity contribution is 9.10.